The Kier molecular flexibility index (Phi) is 3.75. The molecule has 0 atom stereocenters. The van der Waals surface area contributed by atoms with Crippen molar-refractivity contribution in [1.29, 1.82) is 0 Å². The normalized spacial score (nSPS) is 13.2. The molecule has 0 unspecified atom stereocenters. The molecule has 2 aliphatic heterocycles. The molecular weight excluding hydrogens is 489 g/mol. The molecule has 2 aliphatic rings. The lowest BCUT2D eigenvalue weighted by atomic mass is 9.34. The highest BCUT2D eigenvalue weighted by Gasteiger charge is 2.40. The molecule has 3 nitrogen and oxygen atoms in total. The largest absolute Gasteiger partial charge is 0.458 e. The summed E-state index contributed by atoms with van der Waals surface area (Å²) in [6.07, 6.45) is 0. The zero-order valence-electron chi connectivity index (χ0n) is 21.4. The van der Waals surface area contributed by atoms with E-state index < -0.39 is 0 Å². The van der Waals surface area contributed by atoms with E-state index in [4.69, 9.17) is 9.15 Å². The van der Waals surface area contributed by atoms with E-state index in [-0.39, 0.29) is 6.71 Å². The average molecular weight is 509 g/mol. The lowest BCUT2D eigenvalue weighted by molar-refractivity contribution is 0.487. The van der Waals surface area contributed by atoms with Gasteiger partial charge in [0.2, 0.25) is 0 Å². The van der Waals surface area contributed by atoms with Crippen LogP contribution in [0, 0.1) is 0 Å². The van der Waals surface area contributed by atoms with Gasteiger partial charge in [-0.1, -0.05) is 91.0 Å². The fraction of sp³-hybridized carbons (Fsp3) is 0. The molecular formula is C36H20BNO2. The predicted octanol–water partition coefficient (Wildman–Crippen LogP) is 7.29. The maximum Gasteiger partial charge on any atom is 0.256 e. The number of fused-ring (bicyclic) bond motifs is 10. The zero-order valence-corrected chi connectivity index (χ0v) is 21.4. The van der Waals surface area contributed by atoms with Gasteiger partial charge in [0.05, 0.1) is 5.52 Å². The van der Waals surface area contributed by atoms with Crippen LogP contribution in [0.4, 0.5) is 0 Å². The van der Waals surface area contributed by atoms with Crippen molar-refractivity contribution in [3.05, 3.63) is 121 Å². The van der Waals surface area contributed by atoms with Crippen LogP contribution >= 0.6 is 0 Å². The average Bonchev–Trinajstić information content (AvgIpc) is 3.56. The summed E-state index contributed by atoms with van der Waals surface area (Å²) >= 11 is 0. The highest BCUT2D eigenvalue weighted by Crippen LogP contribution is 2.40. The van der Waals surface area contributed by atoms with Crippen molar-refractivity contribution in [2.45, 2.75) is 0 Å². The number of ether oxygens (including phenoxy) is 1. The Morgan fingerprint density at radius 3 is 2.35 bits per heavy atom. The minimum Gasteiger partial charge on any atom is -0.458 e. The Labute approximate surface area is 229 Å². The number of rotatable bonds is 1. The monoisotopic (exact) mass is 509 g/mol. The Morgan fingerprint density at radius 1 is 0.575 bits per heavy atom. The summed E-state index contributed by atoms with van der Waals surface area (Å²) < 4.78 is 15.5. The van der Waals surface area contributed by atoms with Gasteiger partial charge in [-0.05, 0) is 52.3 Å². The first-order valence-corrected chi connectivity index (χ1v) is 13.7. The highest BCUT2D eigenvalue weighted by molar-refractivity contribution is 6.99. The smallest absolute Gasteiger partial charge is 0.256 e. The summed E-state index contributed by atoms with van der Waals surface area (Å²) in [6.45, 7) is 0.103. The lowest BCUT2D eigenvalue weighted by Gasteiger charge is -2.33. The van der Waals surface area contributed by atoms with E-state index in [2.05, 4.69) is 114 Å². The van der Waals surface area contributed by atoms with Crippen LogP contribution in [-0.4, -0.2) is 11.3 Å². The van der Waals surface area contributed by atoms with Crippen LogP contribution in [0.5, 0.6) is 11.5 Å². The van der Waals surface area contributed by atoms with Crippen LogP contribution < -0.4 is 21.1 Å². The van der Waals surface area contributed by atoms with E-state index in [1.165, 1.54) is 43.9 Å². The summed E-state index contributed by atoms with van der Waals surface area (Å²) in [6, 6.07) is 43.2. The molecule has 0 radical (unpaired) electrons. The maximum atomic E-state index is 6.71. The number of hydrogen-bond acceptors (Lipinski definition) is 2. The second-order valence-electron chi connectivity index (χ2n) is 10.9. The fourth-order valence-corrected chi connectivity index (χ4v) is 7.24. The van der Waals surface area contributed by atoms with Crippen LogP contribution in [0.3, 0.4) is 0 Å². The third kappa shape index (κ3) is 2.47. The topological polar surface area (TPSA) is 27.3 Å². The number of para-hydroxylation sites is 4. The molecule has 0 N–H and O–H groups in total. The van der Waals surface area contributed by atoms with Gasteiger partial charge in [0.1, 0.15) is 22.7 Å². The number of furan rings is 1. The molecule has 40 heavy (non-hydrogen) atoms. The summed E-state index contributed by atoms with van der Waals surface area (Å²) in [4.78, 5) is 0. The van der Waals surface area contributed by atoms with Gasteiger partial charge in [-0.2, -0.15) is 0 Å². The van der Waals surface area contributed by atoms with E-state index in [1.54, 1.807) is 0 Å². The molecule has 0 fully saturated rings. The molecule has 0 aliphatic carbocycles. The summed E-state index contributed by atoms with van der Waals surface area (Å²) in [5, 5.41) is 4.85. The van der Waals surface area contributed by atoms with Gasteiger partial charge < -0.3 is 13.7 Å². The van der Waals surface area contributed by atoms with Crippen molar-refractivity contribution in [3.63, 3.8) is 0 Å². The van der Waals surface area contributed by atoms with Crippen molar-refractivity contribution in [2.75, 3.05) is 0 Å². The molecule has 184 valence electrons. The Hall–Kier alpha value is -5.22. The van der Waals surface area contributed by atoms with Gasteiger partial charge in [-0.25, -0.2) is 0 Å². The molecule has 4 heterocycles. The first kappa shape index (κ1) is 20.7. The van der Waals surface area contributed by atoms with Gasteiger partial charge >= 0.3 is 0 Å². The van der Waals surface area contributed by atoms with Crippen molar-refractivity contribution in [3.8, 4) is 28.3 Å². The molecule has 0 saturated carbocycles. The molecule has 0 saturated heterocycles. The third-order valence-corrected chi connectivity index (χ3v) is 8.87. The first-order chi connectivity index (χ1) is 19.8. The van der Waals surface area contributed by atoms with E-state index in [0.717, 1.165) is 44.6 Å². The molecule has 10 rings (SSSR count). The first-order valence-electron chi connectivity index (χ1n) is 13.7. The molecule has 0 spiro atoms. The van der Waals surface area contributed by atoms with E-state index in [9.17, 15) is 0 Å². The number of aromatic nitrogens is 1. The van der Waals surface area contributed by atoms with Gasteiger partial charge in [0.25, 0.3) is 6.71 Å². The Bertz CT molecular complexity index is 2380. The highest BCUT2D eigenvalue weighted by atomic mass is 16.5. The summed E-state index contributed by atoms with van der Waals surface area (Å²) in [5.41, 5.74) is 11.5. The fourth-order valence-electron chi connectivity index (χ4n) is 7.24. The molecule has 6 aromatic carbocycles. The SMILES string of the molecule is c1cc2c3c(c1)-n1c4ccccc4c4cccc(c41)B3c1ccc(-c3cccc4c3oc3ccccc34)cc1O2. The maximum absolute atomic E-state index is 6.71. The zero-order chi connectivity index (χ0) is 25.9. The standard InChI is InChI=1S/C36H20BNO2/c1-3-14-29-23(8-1)25-11-6-13-28-35(25)38(29)30-15-7-17-32-34(30)37(28)27-19-18-21(20-33(27)39-32)22-10-5-12-26-24-9-2-4-16-31(24)40-36(22)26/h1-20H. The Balaban J connectivity index is 1.24. The summed E-state index contributed by atoms with van der Waals surface area (Å²) in [5.74, 6) is 1.83. The predicted molar refractivity (Wildman–Crippen MR) is 165 cm³/mol. The van der Waals surface area contributed by atoms with E-state index >= 15 is 0 Å². The van der Waals surface area contributed by atoms with Gasteiger partial charge in [0, 0.05) is 38.3 Å². The molecule has 8 aromatic rings. The van der Waals surface area contributed by atoms with Gasteiger partial charge in [0.15, 0.2) is 0 Å². The third-order valence-electron chi connectivity index (χ3n) is 8.87. The van der Waals surface area contributed by atoms with Gasteiger partial charge in [-0.15, -0.1) is 0 Å². The van der Waals surface area contributed by atoms with E-state index in [1.807, 2.05) is 12.1 Å². The minimum atomic E-state index is 0.103. The lowest BCUT2D eigenvalue weighted by Crippen LogP contribution is -2.58. The van der Waals surface area contributed by atoms with Crippen molar-refractivity contribution in [2.24, 2.45) is 0 Å². The molecule has 0 bridgehead atoms. The number of benzene rings is 6. The van der Waals surface area contributed by atoms with Gasteiger partial charge in [-0.3, -0.25) is 0 Å². The van der Waals surface area contributed by atoms with Crippen molar-refractivity contribution >= 4 is 66.8 Å². The van der Waals surface area contributed by atoms with Crippen molar-refractivity contribution < 1.29 is 9.15 Å². The number of nitrogens with zero attached hydrogens (tertiary/aromatic N) is 1. The second-order valence-corrected chi connectivity index (χ2v) is 10.9. The van der Waals surface area contributed by atoms with Crippen molar-refractivity contribution in [1.82, 2.24) is 4.57 Å². The molecule has 4 heteroatoms. The van der Waals surface area contributed by atoms with Crippen LogP contribution in [-0.2, 0) is 0 Å². The molecule has 2 aromatic heterocycles. The van der Waals surface area contributed by atoms with Crippen LogP contribution in [0.1, 0.15) is 0 Å². The quantitative estimate of drug-likeness (QED) is 0.218. The van der Waals surface area contributed by atoms with Crippen LogP contribution in [0.25, 0.3) is 60.6 Å². The minimum absolute atomic E-state index is 0.103. The summed E-state index contributed by atoms with van der Waals surface area (Å²) in [7, 11) is 0. The Morgan fingerprint density at radius 2 is 1.38 bits per heavy atom. The van der Waals surface area contributed by atoms with Crippen LogP contribution in [0.15, 0.2) is 126 Å². The second kappa shape index (κ2) is 7.25. The molecule has 0 amide bonds. The van der Waals surface area contributed by atoms with Crippen LogP contribution in [0.2, 0.25) is 0 Å². The number of hydrogen-bond donors (Lipinski definition) is 0. The van der Waals surface area contributed by atoms with E-state index in [0.29, 0.717) is 0 Å².